The van der Waals surface area contributed by atoms with E-state index in [4.69, 9.17) is 9.47 Å². The third kappa shape index (κ3) is 5.11. The molecule has 0 aliphatic carbocycles. The lowest BCUT2D eigenvalue weighted by atomic mass is 10.2. The first-order valence-electron chi connectivity index (χ1n) is 7.77. The minimum atomic E-state index is 0.789. The molecular weight excluding hydrogens is 354 g/mol. The highest BCUT2D eigenvalue weighted by atomic mass is 32.2. The van der Waals surface area contributed by atoms with E-state index in [0.29, 0.717) is 0 Å². The molecule has 0 atom stereocenters. The molecule has 0 unspecified atom stereocenters. The Kier molecular flexibility index (Phi) is 6.14. The van der Waals surface area contributed by atoms with E-state index < -0.39 is 0 Å². The summed E-state index contributed by atoms with van der Waals surface area (Å²) >= 11 is 3.27. The summed E-state index contributed by atoms with van der Waals surface area (Å²) in [5.74, 6) is 2.68. The molecule has 1 N–H and O–H groups in total. The molecule has 0 amide bonds. The van der Waals surface area contributed by atoms with Crippen LogP contribution in [0.25, 0.3) is 0 Å². The van der Waals surface area contributed by atoms with Crippen LogP contribution in [-0.4, -0.2) is 30.2 Å². The van der Waals surface area contributed by atoms with E-state index in [9.17, 15) is 0 Å². The number of methoxy groups -OCH3 is 2. The molecular formula is C18H19N3O2S2. The van der Waals surface area contributed by atoms with Gasteiger partial charge in [0.1, 0.15) is 11.5 Å². The lowest BCUT2D eigenvalue weighted by Crippen LogP contribution is -1.89. The van der Waals surface area contributed by atoms with Gasteiger partial charge in [0.25, 0.3) is 0 Å². The molecule has 130 valence electrons. The predicted molar refractivity (Wildman–Crippen MR) is 104 cm³/mol. The monoisotopic (exact) mass is 373 g/mol. The normalized spacial score (nSPS) is 10.5. The van der Waals surface area contributed by atoms with Gasteiger partial charge in [-0.3, -0.25) is 0 Å². The molecule has 0 saturated carbocycles. The lowest BCUT2D eigenvalue weighted by molar-refractivity contribution is 0.414. The van der Waals surface area contributed by atoms with Crippen molar-refractivity contribution in [2.45, 2.75) is 10.8 Å². The van der Waals surface area contributed by atoms with Crippen LogP contribution in [0.3, 0.4) is 0 Å². The standard InChI is InChI=1S/C18H19N3O2S2/c1-22-15-7-3-13(4-8-15)11-12-24-18-21-20-17(25-18)19-14-5-9-16(23-2)10-6-14/h3-10H,11-12H2,1-2H3,(H,19,20). The quantitative estimate of drug-likeness (QED) is 0.581. The molecule has 0 saturated heterocycles. The van der Waals surface area contributed by atoms with Crippen LogP contribution in [0.1, 0.15) is 5.56 Å². The van der Waals surface area contributed by atoms with Gasteiger partial charge in [-0.1, -0.05) is 35.2 Å². The summed E-state index contributed by atoms with van der Waals surface area (Å²) in [5.41, 5.74) is 2.25. The fraction of sp³-hybridized carbons (Fsp3) is 0.222. The number of thioether (sulfide) groups is 1. The fourth-order valence-corrected chi connectivity index (χ4v) is 4.00. The van der Waals surface area contributed by atoms with Gasteiger partial charge in [-0.15, -0.1) is 10.2 Å². The van der Waals surface area contributed by atoms with Crippen LogP contribution in [0.2, 0.25) is 0 Å². The minimum absolute atomic E-state index is 0.789. The first kappa shape index (κ1) is 17.6. The van der Waals surface area contributed by atoms with Crippen LogP contribution >= 0.6 is 23.1 Å². The molecule has 0 radical (unpaired) electrons. The van der Waals surface area contributed by atoms with Crippen molar-refractivity contribution in [3.63, 3.8) is 0 Å². The highest BCUT2D eigenvalue weighted by molar-refractivity contribution is 8.01. The van der Waals surface area contributed by atoms with Crippen molar-refractivity contribution in [2.24, 2.45) is 0 Å². The van der Waals surface area contributed by atoms with E-state index in [-0.39, 0.29) is 0 Å². The van der Waals surface area contributed by atoms with Crippen molar-refractivity contribution in [2.75, 3.05) is 25.3 Å². The Hall–Kier alpha value is -2.25. The summed E-state index contributed by atoms with van der Waals surface area (Å²) in [7, 11) is 3.33. The second-order valence-electron chi connectivity index (χ2n) is 5.17. The Morgan fingerprint density at radius 1 is 0.920 bits per heavy atom. The largest absolute Gasteiger partial charge is 0.497 e. The topological polar surface area (TPSA) is 56.3 Å². The number of rotatable bonds is 8. The van der Waals surface area contributed by atoms with Crippen LogP contribution in [-0.2, 0) is 6.42 Å². The van der Waals surface area contributed by atoms with E-state index in [1.807, 2.05) is 36.4 Å². The maximum Gasteiger partial charge on any atom is 0.210 e. The minimum Gasteiger partial charge on any atom is -0.497 e. The average molecular weight is 374 g/mol. The number of benzene rings is 2. The molecule has 0 spiro atoms. The lowest BCUT2D eigenvalue weighted by Gasteiger charge is -2.03. The summed E-state index contributed by atoms with van der Waals surface area (Å²) < 4.78 is 11.3. The molecule has 2 aromatic carbocycles. The average Bonchev–Trinajstić information content (AvgIpc) is 3.10. The molecule has 1 aromatic heterocycles. The van der Waals surface area contributed by atoms with E-state index in [0.717, 1.165) is 38.8 Å². The van der Waals surface area contributed by atoms with Gasteiger partial charge in [0.05, 0.1) is 14.2 Å². The summed E-state index contributed by atoms with van der Waals surface area (Å²) in [6.45, 7) is 0. The molecule has 3 aromatic rings. The van der Waals surface area contributed by atoms with E-state index in [1.165, 1.54) is 5.56 Å². The van der Waals surface area contributed by atoms with Gasteiger partial charge in [-0.05, 0) is 48.4 Å². The molecule has 1 heterocycles. The first-order valence-corrected chi connectivity index (χ1v) is 9.57. The van der Waals surface area contributed by atoms with Crippen molar-refractivity contribution in [3.05, 3.63) is 54.1 Å². The van der Waals surface area contributed by atoms with Gasteiger partial charge in [0.2, 0.25) is 5.13 Å². The number of aromatic nitrogens is 2. The van der Waals surface area contributed by atoms with E-state index in [2.05, 4.69) is 27.6 Å². The van der Waals surface area contributed by atoms with Crippen molar-refractivity contribution in [1.82, 2.24) is 10.2 Å². The second kappa shape index (κ2) is 8.73. The van der Waals surface area contributed by atoms with Gasteiger partial charge in [0.15, 0.2) is 4.34 Å². The first-order chi connectivity index (χ1) is 12.3. The van der Waals surface area contributed by atoms with Gasteiger partial charge in [-0.25, -0.2) is 0 Å². The number of aryl methyl sites for hydroxylation is 1. The van der Waals surface area contributed by atoms with Crippen molar-refractivity contribution in [3.8, 4) is 11.5 Å². The van der Waals surface area contributed by atoms with Gasteiger partial charge < -0.3 is 14.8 Å². The smallest absolute Gasteiger partial charge is 0.210 e. The number of hydrogen-bond donors (Lipinski definition) is 1. The Balaban J connectivity index is 1.49. The molecule has 0 bridgehead atoms. The number of nitrogens with zero attached hydrogens (tertiary/aromatic N) is 2. The maximum atomic E-state index is 5.17. The molecule has 5 nitrogen and oxygen atoms in total. The Morgan fingerprint density at radius 3 is 2.20 bits per heavy atom. The summed E-state index contributed by atoms with van der Waals surface area (Å²) in [6, 6.07) is 15.9. The zero-order valence-corrected chi connectivity index (χ0v) is 15.7. The predicted octanol–water partition coefficient (Wildman–Crippen LogP) is 4.63. The molecule has 25 heavy (non-hydrogen) atoms. The number of hydrogen-bond acceptors (Lipinski definition) is 7. The highest BCUT2D eigenvalue weighted by Crippen LogP contribution is 2.28. The van der Waals surface area contributed by atoms with E-state index in [1.54, 1.807) is 37.3 Å². The fourth-order valence-electron chi connectivity index (χ4n) is 2.16. The van der Waals surface area contributed by atoms with Crippen LogP contribution < -0.4 is 14.8 Å². The SMILES string of the molecule is COc1ccc(CCSc2nnc(Nc3ccc(OC)cc3)s2)cc1. The van der Waals surface area contributed by atoms with Crippen LogP contribution in [0, 0.1) is 0 Å². The third-order valence-electron chi connectivity index (χ3n) is 3.52. The summed E-state index contributed by atoms with van der Waals surface area (Å²) in [4.78, 5) is 0. The maximum absolute atomic E-state index is 5.17. The zero-order valence-electron chi connectivity index (χ0n) is 14.1. The zero-order chi connectivity index (χ0) is 17.5. The van der Waals surface area contributed by atoms with E-state index >= 15 is 0 Å². The number of anilines is 2. The second-order valence-corrected chi connectivity index (χ2v) is 7.49. The van der Waals surface area contributed by atoms with Crippen LogP contribution in [0.4, 0.5) is 10.8 Å². The van der Waals surface area contributed by atoms with Crippen LogP contribution in [0.5, 0.6) is 11.5 Å². The van der Waals surface area contributed by atoms with Crippen molar-refractivity contribution >= 4 is 33.9 Å². The summed E-state index contributed by atoms with van der Waals surface area (Å²) in [6.07, 6.45) is 0.982. The number of nitrogens with one attached hydrogen (secondary N) is 1. The van der Waals surface area contributed by atoms with Crippen molar-refractivity contribution in [1.29, 1.82) is 0 Å². The Morgan fingerprint density at radius 2 is 1.56 bits per heavy atom. The molecule has 0 aliphatic rings. The molecule has 7 heteroatoms. The third-order valence-corrected chi connectivity index (χ3v) is 5.50. The Labute approximate surface area is 155 Å². The van der Waals surface area contributed by atoms with Crippen molar-refractivity contribution < 1.29 is 9.47 Å². The van der Waals surface area contributed by atoms with Crippen LogP contribution in [0.15, 0.2) is 52.9 Å². The molecule has 0 fully saturated rings. The molecule has 3 rings (SSSR count). The highest BCUT2D eigenvalue weighted by Gasteiger charge is 2.06. The number of ether oxygens (including phenoxy) is 2. The summed E-state index contributed by atoms with van der Waals surface area (Å²) in [5, 5.41) is 12.5. The van der Waals surface area contributed by atoms with Gasteiger partial charge in [0, 0.05) is 11.4 Å². The Bertz CT molecular complexity index is 789. The van der Waals surface area contributed by atoms with Gasteiger partial charge >= 0.3 is 0 Å². The molecule has 0 aliphatic heterocycles. The van der Waals surface area contributed by atoms with Gasteiger partial charge in [-0.2, -0.15) is 0 Å².